The molecule has 0 radical (unpaired) electrons. The van der Waals surface area contributed by atoms with E-state index in [4.69, 9.17) is 16.3 Å². The molecule has 4 rings (SSSR count). The molecule has 1 aliphatic rings. The van der Waals surface area contributed by atoms with Crippen molar-refractivity contribution >= 4 is 50.3 Å². The number of halogens is 3. The highest BCUT2D eigenvalue weighted by atomic mass is 35.5. The van der Waals surface area contributed by atoms with Gasteiger partial charge in [-0.1, -0.05) is 30.7 Å². The zero-order valence-corrected chi connectivity index (χ0v) is 22.9. The molecular formula is C26H30ClF2N5O3S. The van der Waals surface area contributed by atoms with Gasteiger partial charge in [0.05, 0.1) is 27.7 Å². The van der Waals surface area contributed by atoms with Crippen molar-refractivity contribution < 1.29 is 21.9 Å². The van der Waals surface area contributed by atoms with Gasteiger partial charge in [-0.2, -0.15) is 13.8 Å². The van der Waals surface area contributed by atoms with Gasteiger partial charge in [-0.25, -0.2) is 13.4 Å². The molecule has 0 unspecified atom stereocenters. The van der Waals surface area contributed by atoms with Gasteiger partial charge in [0.1, 0.15) is 5.02 Å². The number of hydrogen-bond acceptors (Lipinski definition) is 8. The maximum atomic E-state index is 13.2. The third kappa shape index (κ3) is 6.44. The van der Waals surface area contributed by atoms with Gasteiger partial charge in [0.2, 0.25) is 5.95 Å². The molecule has 1 aliphatic heterocycles. The fourth-order valence-electron chi connectivity index (χ4n) is 4.11. The smallest absolute Gasteiger partial charge is 0.387 e. The largest absolute Gasteiger partial charge is 0.433 e. The molecule has 0 atom stereocenters. The first-order valence-electron chi connectivity index (χ1n) is 12.3. The molecule has 38 heavy (non-hydrogen) atoms. The Hall–Kier alpha value is -3.18. The molecule has 0 amide bonds. The van der Waals surface area contributed by atoms with Gasteiger partial charge in [0.25, 0.3) is 0 Å². The minimum atomic E-state index is -3.59. The lowest BCUT2D eigenvalue weighted by Gasteiger charge is -2.32. The summed E-state index contributed by atoms with van der Waals surface area (Å²) >= 11 is 6.30. The third-order valence-corrected chi connectivity index (χ3v) is 8.87. The number of nitrogens with one attached hydrogen (secondary N) is 2. The van der Waals surface area contributed by atoms with Gasteiger partial charge in [-0.15, -0.1) is 0 Å². The number of nitrogens with zero attached hydrogens (tertiary/aromatic N) is 3. The normalized spacial score (nSPS) is 14.7. The Balaban J connectivity index is 1.61. The molecule has 1 fully saturated rings. The van der Waals surface area contributed by atoms with E-state index < -0.39 is 21.7 Å². The van der Waals surface area contributed by atoms with Crippen molar-refractivity contribution in [3.63, 3.8) is 0 Å². The minimum absolute atomic E-state index is 0.0439. The highest BCUT2D eigenvalue weighted by Gasteiger charge is 2.23. The van der Waals surface area contributed by atoms with Crippen LogP contribution in [0.15, 0.2) is 53.6 Å². The van der Waals surface area contributed by atoms with Gasteiger partial charge in [0.15, 0.2) is 21.4 Å². The van der Waals surface area contributed by atoms with Crippen LogP contribution in [0, 0.1) is 5.92 Å². The third-order valence-electron chi connectivity index (χ3n) is 6.39. The Bertz CT molecular complexity index is 1380. The average Bonchev–Trinajstić information content (AvgIpc) is 2.87. The van der Waals surface area contributed by atoms with Gasteiger partial charge in [-0.3, -0.25) is 0 Å². The molecule has 8 nitrogen and oxygen atoms in total. The Morgan fingerprint density at radius 2 is 1.79 bits per heavy atom. The zero-order valence-electron chi connectivity index (χ0n) is 21.3. The van der Waals surface area contributed by atoms with E-state index in [9.17, 15) is 17.2 Å². The summed E-state index contributed by atoms with van der Waals surface area (Å²) < 4.78 is 56.9. The van der Waals surface area contributed by atoms with Crippen molar-refractivity contribution in [2.24, 2.45) is 5.92 Å². The SMILES string of the molecule is CC1CCN(c2ccc(Nc3ncc(Cl)c(Nc4ccccc4S(=O)(=O)C(C)C)n3)c(OC(F)F)c2)CC1. The van der Waals surface area contributed by atoms with Crippen LogP contribution in [0.1, 0.15) is 33.6 Å². The maximum absolute atomic E-state index is 13.2. The van der Waals surface area contributed by atoms with E-state index in [1.165, 1.54) is 12.3 Å². The molecule has 204 valence electrons. The Labute approximate surface area is 226 Å². The van der Waals surface area contributed by atoms with Gasteiger partial charge in [0, 0.05) is 24.8 Å². The van der Waals surface area contributed by atoms with E-state index in [0.717, 1.165) is 31.6 Å². The molecule has 1 aromatic heterocycles. The molecule has 12 heteroatoms. The first-order chi connectivity index (χ1) is 18.0. The molecule has 2 heterocycles. The van der Waals surface area contributed by atoms with Crippen LogP contribution in [0.4, 0.5) is 37.6 Å². The second kappa shape index (κ2) is 11.7. The summed E-state index contributed by atoms with van der Waals surface area (Å²) in [5, 5.41) is 5.40. The van der Waals surface area contributed by atoms with E-state index in [-0.39, 0.29) is 33.1 Å². The van der Waals surface area contributed by atoms with Crippen LogP contribution in [-0.4, -0.2) is 43.3 Å². The van der Waals surface area contributed by atoms with Crippen LogP contribution in [0.3, 0.4) is 0 Å². The molecule has 3 aromatic rings. The van der Waals surface area contributed by atoms with Crippen LogP contribution in [-0.2, 0) is 9.84 Å². The maximum Gasteiger partial charge on any atom is 0.387 e. The molecule has 2 N–H and O–H groups in total. The topological polar surface area (TPSA) is 96.5 Å². The van der Waals surface area contributed by atoms with Crippen LogP contribution in [0.2, 0.25) is 5.02 Å². The standard InChI is InChI=1S/C26H30ClF2N5O3S/c1-16(2)38(35,36)23-7-5-4-6-21(23)31-24-19(27)15-30-26(33-24)32-20-9-8-18(14-22(20)37-25(28)29)34-12-10-17(3)11-13-34/h4-9,14-17,25H,10-13H2,1-3H3,(H2,30,31,32,33). The van der Waals surface area contributed by atoms with Crippen LogP contribution >= 0.6 is 11.6 Å². The summed E-state index contributed by atoms with van der Waals surface area (Å²) in [7, 11) is -3.59. The molecule has 0 spiro atoms. The lowest BCUT2D eigenvalue weighted by molar-refractivity contribution is -0.0493. The number of hydrogen-bond donors (Lipinski definition) is 2. The van der Waals surface area contributed by atoms with Crippen molar-refractivity contribution in [3.8, 4) is 5.75 Å². The number of rotatable bonds is 9. The summed E-state index contributed by atoms with van der Waals surface area (Å²) in [6, 6.07) is 11.5. The van der Waals surface area contributed by atoms with Gasteiger partial charge < -0.3 is 20.3 Å². The lowest BCUT2D eigenvalue weighted by atomic mass is 9.99. The number of alkyl halides is 2. The van der Waals surface area contributed by atoms with Crippen molar-refractivity contribution in [1.29, 1.82) is 0 Å². The number of aromatic nitrogens is 2. The minimum Gasteiger partial charge on any atom is -0.433 e. The summed E-state index contributed by atoms with van der Waals surface area (Å²) in [6.07, 6.45) is 3.39. The zero-order chi connectivity index (χ0) is 27.4. The van der Waals surface area contributed by atoms with E-state index >= 15 is 0 Å². The Kier molecular flexibility index (Phi) is 8.57. The van der Waals surface area contributed by atoms with Crippen molar-refractivity contribution in [2.75, 3.05) is 28.6 Å². The molecule has 0 saturated carbocycles. The Morgan fingerprint density at radius 1 is 1.08 bits per heavy atom. The predicted octanol–water partition coefficient (Wildman–Crippen LogP) is 6.64. The summed E-state index contributed by atoms with van der Waals surface area (Å²) in [6.45, 7) is 4.06. The first-order valence-corrected chi connectivity index (χ1v) is 14.2. The van der Waals surface area contributed by atoms with Crippen molar-refractivity contribution in [2.45, 2.75) is 50.4 Å². The second-order valence-electron chi connectivity index (χ2n) is 9.46. The summed E-state index contributed by atoms with van der Waals surface area (Å²) in [5.74, 6) is 0.787. The van der Waals surface area contributed by atoms with Gasteiger partial charge in [-0.05, 0) is 56.9 Å². The lowest BCUT2D eigenvalue weighted by Crippen LogP contribution is -2.32. The second-order valence-corrected chi connectivity index (χ2v) is 12.3. The molecule has 2 aromatic carbocycles. The molecular weight excluding hydrogens is 536 g/mol. The van der Waals surface area contributed by atoms with E-state index in [1.807, 2.05) is 6.07 Å². The molecule has 1 saturated heterocycles. The van der Waals surface area contributed by atoms with E-state index in [2.05, 4.69) is 32.4 Å². The average molecular weight is 566 g/mol. The van der Waals surface area contributed by atoms with Crippen LogP contribution in [0.25, 0.3) is 0 Å². The van der Waals surface area contributed by atoms with Crippen LogP contribution in [0.5, 0.6) is 5.75 Å². The fraction of sp³-hybridized carbons (Fsp3) is 0.385. The highest BCUT2D eigenvalue weighted by molar-refractivity contribution is 7.92. The molecule has 0 aliphatic carbocycles. The summed E-state index contributed by atoms with van der Waals surface area (Å²) in [5.41, 5.74) is 1.34. The highest BCUT2D eigenvalue weighted by Crippen LogP contribution is 2.35. The molecule has 0 bridgehead atoms. The predicted molar refractivity (Wildman–Crippen MR) is 146 cm³/mol. The monoisotopic (exact) mass is 565 g/mol. The first kappa shape index (κ1) is 27.8. The number of anilines is 5. The van der Waals surface area contributed by atoms with Crippen LogP contribution < -0.4 is 20.3 Å². The number of piperidine rings is 1. The number of para-hydroxylation sites is 1. The number of benzene rings is 2. The van der Waals surface area contributed by atoms with E-state index in [1.54, 1.807) is 44.2 Å². The Morgan fingerprint density at radius 3 is 2.47 bits per heavy atom. The fourth-order valence-corrected chi connectivity index (χ4v) is 5.45. The van der Waals surface area contributed by atoms with Crippen molar-refractivity contribution in [3.05, 3.63) is 53.7 Å². The summed E-state index contributed by atoms with van der Waals surface area (Å²) in [4.78, 5) is 10.8. The van der Waals surface area contributed by atoms with Crippen molar-refractivity contribution in [1.82, 2.24) is 9.97 Å². The van der Waals surface area contributed by atoms with Gasteiger partial charge >= 0.3 is 6.61 Å². The number of ether oxygens (including phenoxy) is 1. The number of sulfone groups is 1. The quantitative estimate of drug-likeness (QED) is 0.298. The van der Waals surface area contributed by atoms with E-state index in [0.29, 0.717) is 11.6 Å².